The maximum atomic E-state index is 12.6. The number of nitrogens with two attached hydrogens (primary N) is 1. The molecule has 0 unspecified atom stereocenters. The van der Waals surface area contributed by atoms with Gasteiger partial charge < -0.3 is 30.8 Å². The molecule has 1 atom stereocenters. The van der Waals surface area contributed by atoms with Crippen molar-refractivity contribution in [2.24, 2.45) is 4.99 Å². The Labute approximate surface area is 191 Å². The molecule has 0 spiro atoms. The summed E-state index contributed by atoms with van der Waals surface area (Å²) in [7, 11) is 3.41. The molecule has 0 aliphatic carbocycles. The van der Waals surface area contributed by atoms with E-state index in [1.807, 2.05) is 35.4 Å². The van der Waals surface area contributed by atoms with Gasteiger partial charge in [0.05, 0.1) is 32.4 Å². The molecule has 11 nitrogen and oxygen atoms in total. The number of carbonyl (C=O) groups excluding carboxylic acids is 1. The number of carbonyl (C=O) groups is 1. The molecule has 2 rings (SSSR count). The van der Waals surface area contributed by atoms with E-state index in [0.29, 0.717) is 26.4 Å². The van der Waals surface area contributed by atoms with E-state index in [-0.39, 0.29) is 11.4 Å². The van der Waals surface area contributed by atoms with Crippen molar-refractivity contribution < 1.29 is 14.3 Å². The number of hydrogen-bond acceptors (Lipinski definition) is 8. The normalized spacial score (nSPS) is 12.6. The van der Waals surface area contributed by atoms with Crippen LogP contribution >= 0.6 is 0 Å². The number of methoxy groups -OCH3 is 1. The van der Waals surface area contributed by atoms with Crippen LogP contribution in [0.3, 0.4) is 0 Å². The minimum atomic E-state index is -0.816. The molecule has 1 heterocycles. The number of nitrogens with zero attached hydrogens (tertiary/aromatic N) is 1. The van der Waals surface area contributed by atoms with Crippen molar-refractivity contribution in [1.82, 2.24) is 20.6 Å². The Bertz CT molecular complexity index is 1100. The summed E-state index contributed by atoms with van der Waals surface area (Å²) in [6.45, 7) is 3.84. The first-order valence-corrected chi connectivity index (χ1v) is 10.3. The lowest BCUT2D eigenvalue weighted by Crippen LogP contribution is -2.34. The van der Waals surface area contributed by atoms with Crippen LogP contribution in [0, 0.1) is 0 Å². The number of H-pyrrole nitrogens is 2. The van der Waals surface area contributed by atoms with Gasteiger partial charge in [-0.3, -0.25) is 19.6 Å². The summed E-state index contributed by atoms with van der Waals surface area (Å²) in [5.41, 5.74) is 5.93. The standard InChI is InChI=1S/C22H30N6O5/c1-14(26-21(30)19-18(23)20(29)28-22(31)27-19)15-5-4-6-16(11-15)17(12-24-2)13-25-7-8-33-10-9-32-3/h4-6,11-14,24H,7-10,23H2,1-3H3,(H,26,30)(H2,27,28,29,31)/b17-12+,25-13+/t14-/m1/s1. The molecular formula is C22H30N6O5. The molecule has 0 radical (unpaired) electrons. The van der Waals surface area contributed by atoms with Crippen molar-refractivity contribution in [3.63, 3.8) is 0 Å². The predicted molar refractivity (Wildman–Crippen MR) is 128 cm³/mol. The third-order valence-electron chi connectivity index (χ3n) is 4.60. The summed E-state index contributed by atoms with van der Waals surface area (Å²) in [6.07, 6.45) is 3.57. The number of benzene rings is 1. The molecular weight excluding hydrogens is 428 g/mol. The van der Waals surface area contributed by atoms with Crippen LogP contribution in [0.25, 0.3) is 5.57 Å². The van der Waals surface area contributed by atoms with Gasteiger partial charge >= 0.3 is 5.69 Å². The SMILES string of the molecule is CN/C=C(\C=N\CCOCCOC)c1cccc([C@@H](C)NC(=O)c2[nH]c(=O)[nH]c(=O)c2N)c1. The lowest BCUT2D eigenvalue weighted by molar-refractivity contribution is 0.0749. The van der Waals surface area contributed by atoms with Gasteiger partial charge in [-0.25, -0.2) is 4.79 Å². The molecule has 2 aromatic rings. The van der Waals surface area contributed by atoms with E-state index < -0.39 is 23.2 Å². The molecule has 0 saturated carbocycles. The molecule has 6 N–H and O–H groups in total. The van der Waals surface area contributed by atoms with Crippen LogP contribution in [0.4, 0.5) is 5.69 Å². The van der Waals surface area contributed by atoms with Gasteiger partial charge in [0.15, 0.2) is 0 Å². The summed E-state index contributed by atoms with van der Waals surface area (Å²) in [4.78, 5) is 44.4. The molecule has 0 bridgehead atoms. The summed E-state index contributed by atoms with van der Waals surface area (Å²) >= 11 is 0. The average Bonchev–Trinajstić information content (AvgIpc) is 2.80. The highest BCUT2D eigenvalue weighted by molar-refractivity contribution is 6.09. The number of anilines is 1. The third kappa shape index (κ3) is 7.74. The Morgan fingerprint density at radius 2 is 2.03 bits per heavy atom. The first-order chi connectivity index (χ1) is 15.9. The van der Waals surface area contributed by atoms with Gasteiger partial charge in [-0.2, -0.15) is 0 Å². The van der Waals surface area contributed by atoms with Crippen LogP contribution in [-0.4, -0.2) is 62.6 Å². The largest absolute Gasteiger partial charge is 0.393 e. The summed E-state index contributed by atoms with van der Waals surface area (Å²) in [6, 6.07) is 7.13. The van der Waals surface area contributed by atoms with Crippen LogP contribution in [0.15, 0.2) is 45.0 Å². The number of aromatic amines is 2. The molecule has 1 aromatic heterocycles. The minimum Gasteiger partial charge on any atom is -0.393 e. The quantitative estimate of drug-likeness (QED) is 0.227. The van der Waals surface area contributed by atoms with Crippen LogP contribution < -0.4 is 27.6 Å². The smallest absolute Gasteiger partial charge is 0.326 e. The Morgan fingerprint density at radius 1 is 1.24 bits per heavy atom. The van der Waals surface area contributed by atoms with E-state index in [1.54, 1.807) is 27.3 Å². The van der Waals surface area contributed by atoms with Gasteiger partial charge in [-0.15, -0.1) is 0 Å². The summed E-state index contributed by atoms with van der Waals surface area (Å²) < 4.78 is 10.3. The molecule has 0 saturated heterocycles. The van der Waals surface area contributed by atoms with Crippen LogP contribution in [0.2, 0.25) is 0 Å². The van der Waals surface area contributed by atoms with Gasteiger partial charge in [0.1, 0.15) is 11.4 Å². The number of nitrogens with one attached hydrogen (secondary N) is 4. The lowest BCUT2D eigenvalue weighted by atomic mass is 10.0. The van der Waals surface area contributed by atoms with Crippen LogP contribution in [-0.2, 0) is 9.47 Å². The van der Waals surface area contributed by atoms with Crippen molar-refractivity contribution in [1.29, 1.82) is 0 Å². The van der Waals surface area contributed by atoms with Crippen molar-refractivity contribution >= 4 is 23.4 Å². The van der Waals surface area contributed by atoms with E-state index >= 15 is 0 Å². The maximum Gasteiger partial charge on any atom is 0.326 e. The highest BCUT2D eigenvalue weighted by atomic mass is 16.5. The van der Waals surface area contributed by atoms with Gasteiger partial charge in [0, 0.05) is 32.1 Å². The molecule has 0 aliphatic heterocycles. The summed E-state index contributed by atoms with van der Waals surface area (Å²) in [5.74, 6) is -0.658. The zero-order valence-corrected chi connectivity index (χ0v) is 18.9. The molecule has 1 amide bonds. The number of aromatic nitrogens is 2. The number of nitrogen functional groups attached to an aromatic ring is 1. The summed E-state index contributed by atoms with van der Waals surface area (Å²) in [5, 5.41) is 5.75. The van der Waals surface area contributed by atoms with E-state index in [2.05, 4.69) is 20.6 Å². The number of rotatable bonds is 12. The van der Waals surface area contributed by atoms with Crippen molar-refractivity contribution in [3.05, 3.63) is 68.1 Å². The van der Waals surface area contributed by atoms with E-state index in [9.17, 15) is 14.4 Å². The van der Waals surface area contributed by atoms with Gasteiger partial charge in [0.2, 0.25) is 0 Å². The minimum absolute atomic E-state index is 0.276. The number of allylic oxidation sites excluding steroid dienone is 1. The monoisotopic (exact) mass is 458 g/mol. The molecule has 178 valence electrons. The molecule has 1 aromatic carbocycles. The van der Waals surface area contributed by atoms with Crippen molar-refractivity contribution in [2.75, 3.05) is 46.3 Å². The maximum absolute atomic E-state index is 12.6. The number of amides is 1. The second-order valence-corrected chi connectivity index (χ2v) is 7.05. The second kappa shape index (κ2) is 13.0. The van der Waals surface area contributed by atoms with Gasteiger partial charge in [-0.05, 0) is 24.1 Å². The fourth-order valence-electron chi connectivity index (χ4n) is 2.89. The molecule has 0 fully saturated rings. The molecule has 0 aliphatic rings. The zero-order chi connectivity index (χ0) is 24.2. The Morgan fingerprint density at radius 3 is 2.76 bits per heavy atom. The molecule has 11 heteroatoms. The first kappa shape index (κ1) is 25.6. The van der Waals surface area contributed by atoms with Crippen LogP contribution in [0.5, 0.6) is 0 Å². The first-order valence-electron chi connectivity index (χ1n) is 10.3. The van der Waals surface area contributed by atoms with Crippen LogP contribution in [0.1, 0.15) is 34.6 Å². The van der Waals surface area contributed by atoms with E-state index in [0.717, 1.165) is 16.7 Å². The predicted octanol–water partition coefficient (Wildman–Crippen LogP) is 0.431. The van der Waals surface area contributed by atoms with Crippen molar-refractivity contribution in [2.45, 2.75) is 13.0 Å². The van der Waals surface area contributed by atoms with E-state index in [1.165, 1.54) is 0 Å². The van der Waals surface area contributed by atoms with E-state index in [4.69, 9.17) is 15.2 Å². The number of hydrogen-bond donors (Lipinski definition) is 5. The van der Waals surface area contributed by atoms with Crippen molar-refractivity contribution in [3.8, 4) is 0 Å². The molecule has 33 heavy (non-hydrogen) atoms. The van der Waals surface area contributed by atoms with Gasteiger partial charge in [-0.1, -0.05) is 18.2 Å². The Hall–Kier alpha value is -3.70. The highest BCUT2D eigenvalue weighted by Gasteiger charge is 2.17. The average molecular weight is 459 g/mol. The number of aliphatic imine (C=N–C) groups is 1. The fraction of sp³-hybridized carbons (Fsp3) is 0.364. The Balaban J connectivity index is 2.11. The zero-order valence-electron chi connectivity index (χ0n) is 18.9. The lowest BCUT2D eigenvalue weighted by Gasteiger charge is -2.16. The van der Waals surface area contributed by atoms with Gasteiger partial charge in [0.25, 0.3) is 11.5 Å². The fourth-order valence-corrected chi connectivity index (χ4v) is 2.89. The highest BCUT2D eigenvalue weighted by Crippen LogP contribution is 2.19. The number of ether oxygens (including phenoxy) is 2. The second-order valence-electron chi connectivity index (χ2n) is 7.05. The topological polar surface area (TPSA) is 164 Å². The Kier molecular flexibility index (Phi) is 10.1. The third-order valence-corrected chi connectivity index (χ3v) is 4.60.